The highest BCUT2D eigenvalue weighted by Gasteiger charge is 2.10. The van der Waals surface area contributed by atoms with Crippen molar-refractivity contribution < 1.29 is 0 Å². The molecule has 62 valence electrons. The Bertz CT molecular complexity index is 132. The van der Waals surface area contributed by atoms with E-state index in [1.54, 1.807) is 0 Å². The largest absolute Gasteiger partial charge is 0.320 e. The minimum absolute atomic E-state index is 0.990. The van der Waals surface area contributed by atoms with Gasteiger partial charge in [-0.15, -0.1) is 0 Å². The summed E-state index contributed by atoms with van der Waals surface area (Å²) in [5.74, 6) is 0. The fourth-order valence-electron chi connectivity index (χ4n) is 1.41. The Hall–Kier alpha value is -0.820. The molecule has 0 saturated carbocycles. The molecule has 1 N–H and O–H groups in total. The molecule has 0 aliphatic carbocycles. The Balaban J connectivity index is 2.21. The van der Waals surface area contributed by atoms with Crippen LogP contribution < -0.4 is 5.53 Å². The van der Waals surface area contributed by atoms with Gasteiger partial charge < -0.3 is 0 Å². The van der Waals surface area contributed by atoms with E-state index in [4.69, 9.17) is 5.39 Å². The van der Waals surface area contributed by atoms with Crippen molar-refractivity contribution in [3.63, 3.8) is 0 Å². The molecule has 4 heteroatoms. The minimum Gasteiger partial charge on any atom is -0.156 e. The van der Waals surface area contributed by atoms with Gasteiger partial charge in [0, 0.05) is 18.6 Å². The van der Waals surface area contributed by atoms with Gasteiger partial charge in [0.2, 0.25) is 0 Å². The van der Waals surface area contributed by atoms with Crippen molar-refractivity contribution >= 4 is 0 Å². The second-order valence-corrected chi connectivity index (χ2v) is 2.95. The van der Waals surface area contributed by atoms with Crippen molar-refractivity contribution in [1.29, 1.82) is 5.39 Å². The van der Waals surface area contributed by atoms with Gasteiger partial charge in [-0.05, 0) is 12.8 Å². The van der Waals surface area contributed by atoms with Crippen LogP contribution in [0.1, 0.15) is 32.1 Å². The summed E-state index contributed by atoms with van der Waals surface area (Å²) in [7, 11) is 0. The van der Waals surface area contributed by atoms with E-state index >= 15 is 0 Å². The van der Waals surface area contributed by atoms with Crippen LogP contribution >= 0.6 is 0 Å². The third-order valence-corrected chi connectivity index (χ3v) is 2.04. The highest BCUT2D eigenvalue weighted by Crippen LogP contribution is 2.08. The first-order chi connectivity index (χ1) is 5.43. The average Bonchev–Trinajstić information content (AvgIpc) is 1.94. The Labute approximate surface area is 67.1 Å². The smallest absolute Gasteiger partial charge is 0.156 e. The topological polar surface area (TPSA) is 43.4 Å². The molecule has 1 saturated heterocycles. The van der Waals surface area contributed by atoms with E-state index < -0.39 is 0 Å². The SMILES string of the molecule is N#[N+]NN1CCCCCCC1. The maximum atomic E-state index is 8.25. The first-order valence-electron chi connectivity index (χ1n) is 4.28. The zero-order valence-electron chi connectivity index (χ0n) is 6.79. The van der Waals surface area contributed by atoms with Gasteiger partial charge in [-0.25, -0.2) is 0 Å². The molecule has 1 heterocycles. The standard InChI is InChI=1S/C7H15N4/c8-9-10-11-6-4-2-1-3-5-7-11/h10H,1-7H2/q+1. The Kier molecular flexibility index (Phi) is 3.70. The van der Waals surface area contributed by atoms with Crippen LogP contribution in [0.3, 0.4) is 0 Å². The van der Waals surface area contributed by atoms with Gasteiger partial charge in [0.05, 0.1) is 0 Å². The summed E-state index contributed by atoms with van der Waals surface area (Å²) in [6.07, 6.45) is 6.34. The van der Waals surface area contributed by atoms with E-state index in [9.17, 15) is 0 Å². The zero-order chi connectivity index (χ0) is 7.94. The molecule has 0 radical (unpaired) electrons. The predicted molar refractivity (Wildman–Crippen MR) is 42.9 cm³/mol. The van der Waals surface area contributed by atoms with Crippen LogP contribution in [0.15, 0.2) is 0 Å². The molecule has 11 heavy (non-hydrogen) atoms. The normalized spacial score (nSPS) is 21.4. The van der Waals surface area contributed by atoms with E-state index in [0.29, 0.717) is 0 Å². The fourth-order valence-corrected chi connectivity index (χ4v) is 1.41. The van der Waals surface area contributed by atoms with Crippen LogP contribution in [0.2, 0.25) is 0 Å². The molecule has 1 rings (SSSR count). The van der Waals surface area contributed by atoms with E-state index in [0.717, 1.165) is 13.1 Å². The molecule has 0 aromatic rings. The van der Waals surface area contributed by atoms with E-state index in [1.807, 2.05) is 5.01 Å². The molecule has 0 bridgehead atoms. The number of nitrogens with zero attached hydrogens (tertiary/aromatic N) is 3. The van der Waals surface area contributed by atoms with Gasteiger partial charge in [-0.3, -0.25) is 0 Å². The summed E-state index contributed by atoms with van der Waals surface area (Å²) in [5, 5.41) is 13.1. The molecule has 0 aromatic heterocycles. The molecule has 0 unspecified atom stereocenters. The van der Waals surface area contributed by atoms with Crippen LogP contribution in [0.25, 0.3) is 5.08 Å². The third kappa shape index (κ3) is 3.19. The summed E-state index contributed by atoms with van der Waals surface area (Å²) in [5.41, 5.74) is 2.57. The summed E-state index contributed by atoms with van der Waals surface area (Å²) in [4.78, 5) is 0. The summed E-state index contributed by atoms with van der Waals surface area (Å²) in [6, 6.07) is 0. The Morgan fingerprint density at radius 1 is 1.00 bits per heavy atom. The molecule has 0 spiro atoms. The molecule has 1 fully saturated rings. The first-order valence-corrected chi connectivity index (χ1v) is 4.28. The minimum atomic E-state index is 0.990. The van der Waals surface area contributed by atoms with Crippen molar-refractivity contribution in [3.8, 4) is 0 Å². The van der Waals surface area contributed by atoms with Gasteiger partial charge in [-0.2, -0.15) is 5.01 Å². The number of rotatable bonds is 1. The second-order valence-electron chi connectivity index (χ2n) is 2.95. The predicted octanol–water partition coefficient (Wildman–Crippen LogP) is 1.53. The van der Waals surface area contributed by atoms with Crippen molar-refractivity contribution in [2.75, 3.05) is 13.1 Å². The lowest BCUT2D eigenvalue weighted by molar-refractivity contribution is 0.197. The fraction of sp³-hybridized carbons (Fsp3) is 1.00. The summed E-state index contributed by atoms with van der Waals surface area (Å²) in [6.45, 7) is 1.98. The molecular weight excluding hydrogens is 140 g/mol. The van der Waals surface area contributed by atoms with Gasteiger partial charge in [0.15, 0.2) is 0 Å². The van der Waals surface area contributed by atoms with Crippen LogP contribution in [-0.2, 0) is 0 Å². The molecule has 1 aliphatic heterocycles. The van der Waals surface area contributed by atoms with E-state index in [1.165, 1.54) is 32.1 Å². The van der Waals surface area contributed by atoms with Crippen LogP contribution in [0, 0.1) is 5.39 Å². The summed E-state index contributed by atoms with van der Waals surface area (Å²) < 4.78 is 0. The quantitative estimate of drug-likeness (QED) is 0.461. The Morgan fingerprint density at radius 2 is 1.55 bits per heavy atom. The van der Waals surface area contributed by atoms with E-state index in [2.05, 4.69) is 10.6 Å². The van der Waals surface area contributed by atoms with Gasteiger partial charge in [-0.1, -0.05) is 19.3 Å². The lowest BCUT2D eigenvalue weighted by atomic mass is 10.1. The Morgan fingerprint density at radius 3 is 2.09 bits per heavy atom. The van der Waals surface area contributed by atoms with Gasteiger partial charge in [0.1, 0.15) is 0 Å². The highest BCUT2D eigenvalue weighted by atomic mass is 15.7. The lowest BCUT2D eigenvalue weighted by Crippen LogP contribution is -2.35. The maximum Gasteiger partial charge on any atom is 0.320 e. The molecule has 4 nitrogen and oxygen atoms in total. The molecular formula is C7H15N4+. The van der Waals surface area contributed by atoms with Crippen molar-refractivity contribution in [2.24, 2.45) is 0 Å². The second kappa shape index (κ2) is 4.91. The van der Waals surface area contributed by atoms with Gasteiger partial charge in [0.25, 0.3) is 5.39 Å². The maximum absolute atomic E-state index is 8.25. The number of diazo groups is 1. The van der Waals surface area contributed by atoms with E-state index in [-0.39, 0.29) is 0 Å². The summed E-state index contributed by atoms with van der Waals surface area (Å²) >= 11 is 0. The van der Waals surface area contributed by atoms with Crippen LogP contribution in [0.5, 0.6) is 0 Å². The monoisotopic (exact) mass is 155 g/mol. The number of hydrogen-bond acceptors (Lipinski definition) is 3. The van der Waals surface area contributed by atoms with Crippen molar-refractivity contribution in [3.05, 3.63) is 5.08 Å². The zero-order valence-corrected chi connectivity index (χ0v) is 6.79. The number of hydrogen-bond donors (Lipinski definition) is 1. The van der Waals surface area contributed by atoms with Crippen LogP contribution in [-0.4, -0.2) is 18.1 Å². The highest BCUT2D eigenvalue weighted by molar-refractivity contribution is 4.58. The average molecular weight is 155 g/mol. The van der Waals surface area contributed by atoms with Crippen molar-refractivity contribution in [1.82, 2.24) is 10.5 Å². The van der Waals surface area contributed by atoms with Crippen LogP contribution in [0.4, 0.5) is 0 Å². The lowest BCUT2D eigenvalue weighted by Gasteiger charge is -2.16. The number of hydrazine groups is 1. The van der Waals surface area contributed by atoms with Crippen molar-refractivity contribution in [2.45, 2.75) is 32.1 Å². The molecule has 0 aromatic carbocycles. The molecule has 0 amide bonds. The third-order valence-electron chi connectivity index (χ3n) is 2.04. The first kappa shape index (κ1) is 8.28. The molecule has 0 atom stereocenters. The van der Waals surface area contributed by atoms with Gasteiger partial charge >= 0.3 is 5.08 Å². The number of nitrogens with one attached hydrogen (secondary N) is 1. The molecule has 1 aliphatic rings.